The molecule has 0 atom stereocenters. The van der Waals surface area contributed by atoms with E-state index in [-0.39, 0.29) is 24.0 Å². The number of nitrogens with zero attached hydrogens (tertiary/aromatic N) is 5. The number of imidazole rings is 1. The molecule has 1 fully saturated rings. The summed E-state index contributed by atoms with van der Waals surface area (Å²) in [6.45, 7) is 6.75. The van der Waals surface area contributed by atoms with Crippen LogP contribution in [-0.4, -0.2) is 56.3 Å². The van der Waals surface area contributed by atoms with Gasteiger partial charge in [0.15, 0.2) is 0 Å². The fourth-order valence-corrected chi connectivity index (χ4v) is 3.93. The fourth-order valence-electron chi connectivity index (χ4n) is 3.93. The van der Waals surface area contributed by atoms with E-state index in [9.17, 15) is 9.18 Å². The van der Waals surface area contributed by atoms with Gasteiger partial charge in [0.05, 0.1) is 30.5 Å². The maximum atomic E-state index is 13.5. The lowest BCUT2D eigenvalue weighted by Crippen LogP contribution is -2.42. The van der Waals surface area contributed by atoms with Gasteiger partial charge in [-0.1, -0.05) is 0 Å². The Morgan fingerprint density at radius 1 is 1.09 bits per heavy atom. The number of carbonyl (C=O) groups excluding carboxylic acids is 1. The molecular formula is C24H28FN5O3. The van der Waals surface area contributed by atoms with Crippen LogP contribution in [0.2, 0.25) is 0 Å². The van der Waals surface area contributed by atoms with Crippen LogP contribution in [0.5, 0.6) is 6.01 Å². The first-order valence-electron chi connectivity index (χ1n) is 10.9. The molecule has 0 bridgehead atoms. The number of amides is 1. The molecule has 8 nitrogen and oxygen atoms in total. The number of rotatable bonds is 4. The molecule has 1 amide bonds. The van der Waals surface area contributed by atoms with Crippen molar-refractivity contribution >= 4 is 6.09 Å². The summed E-state index contributed by atoms with van der Waals surface area (Å²) in [6.07, 6.45) is 4.62. The zero-order chi connectivity index (χ0) is 23.6. The van der Waals surface area contributed by atoms with Crippen LogP contribution < -0.4 is 4.74 Å². The van der Waals surface area contributed by atoms with Crippen molar-refractivity contribution in [2.75, 3.05) is 20.2 Å². The molecule has 1 aliphatic heterocycles. The number of hydrogen-bond donors (Lipinski definition) is 0. The lowest BCUT2D eigenvalue weighted by atomic mass is 10.0. The highest BCUT2D eigenvalue weighted by atomic mass is 19.1. The van der Waals surface area contributed by atoms with Crippen molar-refractivity contribution in [1.29, 1.82) is 0 Å². The predicted octanol–water partition coefficient (Wildman–Crippen LogP) is 4.73. The molecule has 1 aromatic carbocycles. The minimum Gasteiger partial charge on any atom is -0.467 e. The quantitative estimate of drug-likeness (QED) is 0.568. The lowest BCUT2D eigenvalue weighted by molar-refractivity contribution is 0.0189. The third-order valence-corrected chi connectivity index (χ3v) is 5.48. The van der Waals surface area contributed by atoms with Crippen molar-refractivity contribution in [3.8, 4) is 28.7 Å². The van der Waals surface area contributed by atoms with E-state index >= 15 is 0 Å². The summed E-state index contributed by atoms with van der Waals surface area (Å²) in [5, 5.41) is 0. The van der Waals surface area contributed by atoms with Crippen LogP contribution in [0.15, 0.2) is 42.9 Å². The standard InChI is InChI=1S/C24H28FN5O3/c1-24(2,3)33-23(31)29-13-10-18(11-14-29)30-15-27-20(16-5-7-17(25)8-6-16)21(30)19-9-12-26-22(28-19)32-4/h5-9,12,15,18H,10-11,13-14H2,1-4H3. The van der Waals surface area contributed by atoms with Crippen molar-refractivity contribution in [3.05, 3.63) is 48.7 Å². The summed E-state index contributed by atoms with van der Waals surface area (Å²) in [5.41, 5.74) is 2.42. The second-order valence-electron chi connectivity index (χ2n) is 8.98. The summed E-state index contributed by atoms with van der Waals surface area (Å²) in [4.78, 5) is 27.5. The van der Waals surface area contributed by atoms with Crippen molar-refractivity contribution in [3.63, 3.8) is 0 Å². The van der Waals surface area contributed by atoms with Gasteiger partial charge in [-0.15, -0.1) is 0 Å². The van der Waals surface area contributed by atoms with Crippen LogP contribution in [0.1, 0.15) is 39.7 Å². The van der Waals surface area contributed by atoms with E-state index in [0.717, 1.165) is 24.1 Å². The molecule has 174 valence electrons. The van der Waals surface area contributed by atoms with Gasteiger partial charge in [-0.05, 0) is 63.9 Å². The zero-order valence-corrected chi connectivity index (χ0v) is 19.3. The van der Waals surface area contributed by atoms with Crippen LogP contribution in [0.25, 0.3) is 22.6 Å². The zero-order valence-electron chi connectivity index (χ0n) is 19.3. The lowest BCUT2D eigenvalue weighted by Gasteiger charge is -2.34. The molecule has 1 aliphatic rings. The minimum absolute atomic E-state index is 0.112. The van der Waals surface area contributed by atoms with Crippen LogP contribution in [0.4, 0.5) is 9.18 Å². The SMILES string of the molecule is COc1nccc(-c2c(-c3ccc(F)cc3)ncn2C2CCN(C(=O)OC(C)(C)C)CC2)n1. The van der Waals surface area contributed by atoms with E-state index in [1.54, 1.807) is 35.6 Å². The van der Waals surface area contributed by atoms with E-state index in [2.05, 4.69) is 19.5 Å². The van der Waals surface area contributed by atoms with Gasteiger partial charge in [0.25, 0.3) is 0 Å². The molecule has 33 heavy (non-hydrogen) atoms. The van der Waals surface area contributed by atoms with E-state index in [0.29, 0.717) is 24.5 Å². The van der Waals surface area contributed by atoms with Gasteiger partial charge >= 0.3 is 12.1 Å². The normalized spacial score (nSPS) is 14.9. The second-order valence-corrected chi connectivity index (χ2v) is 8.98. The van der Waals surface area contributed by atoms with Crippen molar-refractivity contribution in [2.45, 2.75) is 45.3 Å². The average Bonchev–Trinajstić information content (AvgIpc) is 3.24. The summed E-state index contributed by atoms with van der Waals surface area (Å²) in [5.74, 6) is -0.307. The predicted molar refractivity (Wildman–Crippen MR) is 121 cm³/mol. The van der Waals surface area contributed by atoms with Crippen LogP contribution in [0, 0.1) is 5.82 Å². The highest BCUT2D eigenvalue weighted by molar-refractivity contribution is 5.77. The molecule has 0 saturated carbocycles. The Bertz CT molecular complexity index is 1120. The van der Waals surface area contributed by atoms with Gasteiger partial charge < -0.3 is 18.9 Å². The molecule has 0 unspecified atom stereocenters. The number of hydrogen-bond acceptors (Lipinski definition) is 6. The number of benzene rings is 1. The van der Waals surface area contributed by atoms with E-state index in [4.69, 9.17) is 9.47 Å². The first-order valence-corrected chi connectivity index (χ1v) is 10.9. The van der Waals surface area contributed by atoms with Crippen LogP contribution in [0.3, 0.4) is 0 Å². The van der Waals surface area contributed by atoms with Crippen molar-refractivity contribution in [2.24, 2.45) is 0 Å². The van der Waals surface area contributed by atoms with Gasteiger partial charge in [-0.3, -0.25) is 0 Å². The minimum atomic E-state index is -0.526. The molecule has 1 saturated heterocycles. The Kier molecular flexibility index (Phi) is 6.31. The molecule has 2 aromatic heterocycles. The smallest absolute Gasteiger partial charge is 0.410 e. The number of piperidine rings is 1. The van der Waals surface area contributed by atoms with E-state index in [1.807, 2.05) is 20.8 Å². The van der Waals surface area contributed by atoms with Crippen LogP contribution in [-0.2, 0) is 4.74 Å². The first-order chi connectivity index (χ1) is 15.7. The Hall–Kier alpha value is -3.49. The van der Waals surface area contributed by atoms with Gasteiger partial charge in [-0.25, -0.2) is 19.2 Å². The maximum absolute atomic E-state index is 13.5. The maximum Gasteiger partial charge on any atom is 0.410 e. The first kappa shape index (κ1) is 22.7. The third-order valence-electron chi connectivity index (χ3n) is 5.48. The highest BCUT2D eigenvalue weighted by Crippen LogP contribution is 2.35. The van der Waals surface area contributed by atoms with Gasteiger partial charge in [0.1, 0.15) is 11.4 Å². The van der Waals surface area contributed by atoms with Crippen molar-refractivity contribution < 1.29 is 18.7 Å². The molecule has 4 rings (SSSR count). The summed E-state index contributed by atoms with van der Waals surface area (Å²) in [6, 6.07) is 8.41. The monoisotopic (exact) mass is 453 g/mol. The number of aromatic nitrogens is 4. The second kappa shape index (κ2) is 9.17. The molecule has 9 heteroatoms. The molecule has 0 N–H and O–H groups in total. The summed E-state index contributed by atoms with van der Waals surface area (Å²) < 4.78 is 26.3. The molecular weight excluding hydrogens is 425 g/mol. The Labute approximate surface area is 192 Å². The number of carbonyl (C=O) groups is 1. The Morgan fingerprint density at radius 2 is 1.79 bits per heavy atom. The average molecular weight is 454 g/mol. The number of ether oxygens (including phenoxy) is 2. The summed E-state index contributed by atoms with van der Waals surface area (Å²) in [7, 11) is 1.52. The highest BCUT2D eigenvalue weighted by Gasteiger charge is 2.30. The summed E-state index contributed by atoms with van der Waals surface area (Å²) >= 11 is 0. The van der Waals surface area contributed by atoms with Gasteiger partial charge in [0, 0.05) is 30.9 Å². The molecule has 0 radical (unpaired) electrons. The molecule has 0 spiro atoms. The van der Waals surface area contributed by atoms with E-state index in [1.165, 1.54) is 19.2 Å². The van der Waals surface area contributed by atoms with E-state index < -0.39 is 5.60 Å². The topological polar surface area (TPSA) is 82.4 Å². The van der Waals surface area contributed by atoms with Crippen molar-refractivity contribution in [1.82, 2.24) is 24.4 Å². The number of likely N-dealkylation sites (tertiary alicyclic amines) is 1. The fraction of sp³-hybridized carbons (Fsp3) is 0.417. The Balaban J connectivity index is 1.65. The van der Waals surface area contributed by atoms with Gasteiger partial charge in [0.2, 0.25) is 0 Å². The molecule has 3 aromatic rings. The largest absolute Gasteiger partial charge is 0.467 e. The number of methoxy groups -OCH3 is 1. The van der Waals surface area contributed by atoms with Crippen LogP contribution >= 0.6 is 0 Å². The number of halogens is 1. The molecule has 0 aliphatic carbocycles. The van der Waals surface area contributed by atoms with Gasteiger partial charge in [-0.2, -0.15) is 4.98 Å². The Morgan fingerprint density at radius 3 is 2.42 bits per heavy atom. The molecule has 3 heterocycles. The third kappa shape index (κ3) is 5.13.